The zero-order valence-corrected chi connectivity index (χ0v) is 15.1. The van der Waals surface area contributed by atoms with Gasteiger partial charge >= 0.3 is 6.03 Å². The normalized spacial score (nSPS) is 10.8. The van der Waals surface area contributed by atoms with Crippen molar-refractivity contribution in [2.75, 3.05) is 11.9 Å². The van der Waals surface area contributed by atoms with Crippen LogP contribution >= 0.6 is 11.6 Å². The number of rotatable bonds is 5. The third-order valence-electron chi connectivity index (χ3n) is 4.11. The molecule has 130 valence electrons. The standard InChI is InChI=1S/C19H21ClN4O/c1-3-24-12-14(15-5-4-9-21-18(15)24)8-10-22-19(25)23-17-7-6-13(2)11-16(17)20/h4-7,9,11-12H,3,8,10H2,1-2H3,(H2,22,23,25). The number of halogens is 1. The van der Waals surface area contributed by atoms with Crippen LogP contribution in [0.1, 0.15) is 18.1 Å². The van der Waals surface area contributed by atoms with E-state index in [1.54, 1.807) is 12.3 Å². The molecular weight excluding hydrogens is 336 g/mol. The Morgan fingerprint density at radius 1 is 1.32 bits per heavy atom. The molecule has 0 saturated carbocycles. The fraction of sp³-hybridized carbons (Fsp3) is 0.263. The second-order valence-electron chi connectivity index (χ2n) is 5.93. The molecule has 0 atom stereocenters. The van der Waals surface area contributed by atoms with Crippen molar-refractivity contribution in [1.82, 2.24) is 14.9 Å². The average Bonchev–Trinajstić information content (AvgIpc) is 2.96. The van der Waals surface area contributed by atoms with Crippen molar-refractivity contribution in [3.8, 4) is 0 Å². The number of hydrogen-bond donors (Lipinski definition) is 2. The molecule has 0 aliphatic rings. The topological polar surface area (TPSA) is 59.0 Å². The maximum atomic E-state index is 12.1. The van der Waals surface area contributed by atoms with Crippen molar-refractivity contribution >= 4 is 34.4 Å². The van der Waals surface area contributed by atoms with Crippen molar-refractivity contribution < 1.29 is 4.79 Å². The molecule has 5 nitrogen and oxygen atoms in total. The van der Waals surface area contributed by atoms with Crippen LogP contribution in [0, 0.1) is 6.92 Å². The van der Waals surface area contributed by atoms with E-state index in [0.717, 1.165) is 29.6 Å². The van der Waals surface area contributed by atoms with Crippen molar-refractivity contribution in [3.05, 3.63) is 58.9 Å². The number of nitrogens with one attached hydrogen (secondary N) is 2. The van der Waals surface area contributed by atoms with Gasteiger partial charge in [0.1, 0.15) is 5.65 Å². The van der Waals surface area contributed by atoms with Crippen molar-refractivity contribution in [3.63, 3.8) is 0 Å². The summed E-state index contributed by atoms with van der Waals surface area (Å²) in [4.78, 5) is 16.5. The first-order chi connectivity index (χ1) is 12.1. The molecule has 2 heterocycles. The van der Waals surface area contributed by atoms with Crippen molar-refractivity contribution in [2.45, 2.75) is 26.8 Å². The number of anilines is 1. The lowest BCUT2D eigenvalue weighted by Gasteiger charge is -2.09. The summed E-state index contributed by atoms with van der Waals surface area (Å²) in [5.41, 5.74) is 3.82. The minimum atomic E-state index is -0.261. The SMILES string of the molecule is CCn1cc(CCNC(=O)Nc2ccc(C)cc2Cl)c2cccnc21. The lowest BCUT2D eigenvalue weighted by atomic mass is 10.1. The molecule has 0 fully saturated rings. The lowest BCUT2D eigenvalue weighted by Crippen LogP contribution is -2.30. The summed E-state index contributed by atoms with van der Waals surface area (Å²) < 4.78 is 2.12. The summed E-state index contributed by atoms with van der Waals surface area (Å²) in [6, 6.07) is 9.28. The van der Waals surface area contributed by atoms with Gasteiger partial charge in [-0.2, -0.15) is 0 Å². The molecule has 2 amide bonds. The molecule has 3 aromatic rings. The summed E-state index contributed by atoms with van der Waals surface area (Å²) in [6.45, 7) is 5.45. The Labute approximate surface area is 152 Å². The molecule has 0 saturated heterocycles. The van der Waals surface area contributed by atoms with Crippen LogP contribution in [0.5, 0.6) is 0 Å². The maximum absolute atomic E-state index is 12.1. The molecule has 0 unspecified atom stereocenters. The summed E-state index contributed by atoms with van der Waals surface area (Å²) in [6.07, 6.45) is 4.65. The first-order valence-electron chi connectivity index (χ1n) is 8.32. The summed E-state index contributed by atoms with van der Waals surface area (Å²) in [5, 5.41) is 7.32. The van der Waals surface area contributed by atoms with E-state index in [4.69, 9.17) is 11.6 Å². The van der Waals surface area contributed by atoms with E-state index < -0.39 is 0 Å². The number of pyridine rings is 1. The first kappa shape index (κ1) is 17.3. The molecule has 1 aromatic carbocycles. The number of nitrogens with zero attached hydrogens (tertiary/aromatic N) is 2. The quantitative estimate of drug-likeness (QED) is 0.712. The Hall–Kier alpha value is -2.53. The Morgan fingerprint density at radius 3 is 2.92 bits per heavy atom. The van der Waals surface area contributed by atoms with Crippen LogP contribution in [0.2, 0.25) is 5.02 Å². The molecule has 0 spiro atoms. The van der Waals surface area contributed by atoms with E-state index in [1.807, 2.05) is 25.1 Å². The van der Waals surface area contributed by atoms with Gasteiger partial charge in [0.05, 0.1) is 10.7 Å². The molecule has 3 rings (SSSR count). The van der Waals surface area contributed by atoms with Crippen LogP contribution < -0.4 is 10.6 Å². The molecule has 0 aliphatic carbocycles. The molecule has 2 aromatic heterocycles. The van der Waals surface area contributed by atoms with E-state index in [0.29, 0.717) is 17.3 Å². The maximum Gasteiger partial charge on any atom is 0.319 e. The number of benzene rings is 1. The van der Waals surface area contributed by atoms with Gasteiger partial charge in [-0.1, -0.05) is 17.7 Å². The fourth-order valence-electron chi connectivity index (χ4n) is 2.83. The third-order valence-corrected chi connectivity index (χ3v) is 4.42. The highest BCUT2D eigenvalue weighted by Gasteiger charge is 2.09. The van der Waals surface area contributed by atoms with Crippen LogP contribution in [-0.4, -0.2) is 22.1 Å². The smallest absolute Gasteiger partial charge is 0.319 e. The number of carbonyl (C=O) groups is 1. The number of urea groups is 1. The minimum absolute atomic E-state index is 0.261. The third kappa shape index (κ3) is 3.94. The highest BCUT2D eigenvalue weighted by molar-refractivity contribution is 6.33. The predicted molar refractivity (Wildman–Crippen MR) is 102 cm³/mol. The van der Waals surface area contributed by atoms with E-state index in [9.17, 15) is 4.79 Å². The van der Waals surface area contributed by atoms with Crippen molar-refractivity contribution in [2.24, 2.45) is 0 Å². The number of amides is 2. The van der Waals surface area contributed by atoms with Gasteiger partial charge in [-0.3, -0.25) is 0 Å². The van der Waals surface area contributed by atoms with Crippen molar-refractivity contribution in [1.29, 1.82) is 0 Å². The van der Waals surface area contributed by atoms with Gasteiger partial charge in [0.2, 0.25) is 0 Å². The molecule has 0 radical (unpaired) electrons. The highest BCUT2D eigenvalue weighted by atomic mass is 35.5. The average molecular weight is 357 g/mol. The number of carbonyl (C=O) groups excluding carboxylic acids is 1. The number of aryl methyl sites for hydroxylation is 2. The number of hydrogen-bond acceptors (Lipinski definition) is 2. The van der Waals surface area contributed by atoms with E-state index in [-0.39, 0.29) is 6.03 Å². The molecule has 2 N–H and O–H groups in total. The van der Waals surface area contributed by atoms with Gasteiger partial charge in [-0.25, -0.2) is 9.78 Å². The van der Waals surface area contributed by atoms with Gasteiger partial charge in [-0.05, 0) is 55.7 Å². The van der Waals surface area contributed by atoms with Gasteiger partial charge in [0.15, 0.2) is 0 Å². The minimum Gasteiger partial charge on any atom is -0.338 e. The fourth-order valence-corrected chi connectivity index (χ4v) is 3.12. The second-order valence-corrected chi connectivity index (χ2v) is 6.34. The second kappa shape index (κ2) is 7.57. The zero-order valence-electron chi connectivity index (χ0n) is 14.3. The Bertz CT molecular complexity index is 904. The Kier molecular flexibility index (Phi) is 5.24. The van der Waals surface area contributed by atoms with Gasteiger partial charge in [-0.15, -0.1) is 0 Å². The van der Waals surface area contributed by atoms with E-state index in [2.05, 4.69) is 39.4 Å². The largest absolute Gasteiger partial charge is 0.338 e. The Balaban J connectivity index is 1.60. The van der Waals surface area contributed by atoms with Crippen LogP contribution in [0.25, 0.3) is 11.0 Å². The van der Waals surface area contributed by atoms with Crippen LogP contribution in [0.4, 0.5) is 10.5 Å². The first-order valence-corrected chi connectivity index (χ1v) is 8.70. The van der Waals surface area contributed by atoms with E-state index in [1.165, 1.54) is 5.56 Å². The van der Waals surface area contributed by atoms with Crippen LogP contribution in [-0.2, 0) is 13.0 Å². The molecular formula is C19H21ClN4O. The highest BCUT2D eigenvalue weighted by Crippen LogP contribution is 2.22. The Morgan fingerprint density at radius 2 is 2.16 bits per heavy atom. The predicted octanol–water partition coefficient (Wildman–Crippen LogP) is 4.38. The molecule has 6 heteroatoms. The summed E-state index contributed by atoms with van der Waals surface area (Å²) in [7, 11) is 0. The monoisotopic (exact) mass is 356 g/mol. The number of fused-ring (bicyclic) bond motifs is 1. The van der Waals surface area contributed by atoms with Gasteiger partial charge < -0.3 is 15.2 Å². The van der Waals surface area contributed by atoms with Crippen LogP contribution in [0.15, 0.2) is 42.7 Å². The molecule has 0 aliphatic heterocycles. The summed E-state index contributed by atoms with van der Waals surface area (Å²) >= 11 is 6.14. The van der Waals surface area contributed by atoms with Gasteiger partial charge in [0, 0.05) is 30.9 Å². The van der Waals surface area contributed by atoms with E-state index >= 15 is 0 Å². The molecule has 25 heavy (non-hydrogen) atoms. The lowest BCUT2D eigenvalue weighted by molar-refractivity contribution is 0.252. The van der Waals surface area contributed by atoms with Crippen LogP contribution in [0.3, 0.4) is 0 Å². The van der Waals surface area contributed by atoms with Gasteiger partial charge in [0.25, 0.3) is 0 Å². The zero-order chi connectivity index (χ0) is 17.8. The number of aromatic nitrogens is 2. The summed E-state index contributed by atoms with van der Waals surface area (Å²) in [5.74, 6) is 0. The molecule has 0 bridgehead atoms.